The van der Waals surface area contributed by atoms with E-state index in [0.717, 1.165) is 5.92 Å². The minimum atomic E-state index is 1.04. The summed E-state index contributed by atoms with van der Waals surface area (Å²) in [6.07, 6.45) is 32.3. The quantitative estimate of drug-likeness (QED) is 0.167. The molecule has 0 saturated heterocycles. The number of rotatable bonds is 22. The Morgan fingerprint density at radius 1 is 0.308 bits per heavy atom. The van der Waals surface area contributed by atoms with Gasteiger partial charge in [0.25, 0.3) is 0 Å². The summed E-state index contributed by atoms with van der Waals surface area (Å²) in [5.41, 5.74) is 0. The molecule has 0 bridgehead atoms. The van der Waals surface area contributed by atoms with Crippen LogP contribution in [0.2, 0.25) is 0 Å². The van der Waals surface area contributed by atoms with E-state index in [9.17, 15) is 0 Å². The van der Waals surface area contributed by atoms with Gasteiger partial charge in [0.1, 0.15) is 0 Å². The van der Waals surface area contributed by atoms with E-state index in [1.165, 1.54) is 141 Å². The van der Waals surface area contributed by atoms with Crippen molar-refractivity contribution in [3.8, 4) is 0 Å². The standard InChI is InChI=1S/C26H54/c1-4-7-10-13-15-16-19-22-25-26(23-20-17-12-9-6-3)24-21-18-14-11-8-5-2/h26H,4-25H2,1-3H3. The number of hydrogen-bond acceptors (Lipinski definition) is 0. The predicted octanol–water partition coefficient (Wildman–Crippen LogP) is 10.2. The third-order valence-corrected chi connectivity index (χ3v) is 6.15. The van der Waals surface area contributed by atoms with Crippen molar-refractivity contribution in [1.82, 2.24) is 0 Å². The smallest absolute Gasteiger partial charge is 0.0414 e. The van der Waals surface area contributed by atoms with E-state index >= 15 is 0 Å². The maximum Gasteiger partial charge on any atom is -0.0414 e. The zero-order valence-corrected chi connectivity index (χ0v) is 19.1. The molecule has 0 aliphatic rings. The van der Waals surface area contributed by atoms with Crippen molar-refractivity contribution in [2.45, 2.75) is 162 Å². The van der Waals surface area contributed by atoms with Crippen LogP contribution in [0.4, 0.5) is 0 Å². The van der Waals surface area contributed by atoms with Gasteiger partial charge >= 0.3 is 0 Å². The van der Waals surface area contributed by atoms with Crippen LogP contribution in [-0.4, -0.2) is 0 Å². The van der Waals surface area contributed by atoms with Crippen LogP contribution in [-0.2, 0) is 0 Å². The van der Waals surface area contributed by atoms with Crippen molar-refractivity contribution in [2.75, 3.05) is 0 Å². The lowest BCUT2D eigenvalue weighted by atomic mass is 9.89. The van der Waals surface area contributed by atoms with Gasteiger partial charge in [-0.05, 0) is 5.92 Å². The molecule has 0 heterocycles. The molecule has 158 valence electrons. The molecule has 0 spiro atoms. The van der Waals surface area contributed by atoms with Crippen molar-refractivity contribution in [3.05, 3.63) is 0 Å². The summed E-state index contributed by atoms with van der Waals surface area (Å²) in [7, 11) is 0. The van der Waals surface area contributed by atoms with Crippen LogP contribution in [0, 0.1) is 5.92 Å². The van der Waals surface area contributed by atoms with Crippen molar-refractivity contribution in [2.24, 2.45) is 5.92 Å². The molecule has 26 heavy (non-hydrogen) atoms. The molecule has 0 heteroatoms. The van der Waals surface area contributed by atoms with Gasteiger partial charge in [-0.3, -0.25) is 0 Å². The molecule has 1 atom stereocenters. The highest BCUT2D eigenvalue weighted by atomic mass is 14.1. The normalized spacial score (nSPS) is 12.6. The van der Waals surface area contributed by atoms with Gasteiger partial charge in [-0.2, -0.15) is 0 Å². The molecule has 0 fully saturated rings. The lowest BCUT2D eigenvalue weighted by Crippen LogP contribution is -2.01. The Morgan fingerprint density at radius 3 is 0.808 bits per heavy atom. The molecule has 0 rings (SSSR count). The molecule has 0 saturated carbocycles. The monoisotopic (exact) mass is 366 g/mol. The molecule has 0 radical (unpaired) electrons. The molecule has 1 unspecified atom stereocenters. The highest BCUT2D eigenvalue weighted by Gasteiger charge is 2.08. The fraction of sp³-hybridized carbons (Fsp3) is 1.00. The lowest BCUT2D eigenvalue weighted by Gasteiger charge is -2.17. The third-order valence-electron chi connectivity index (χ3n) is 6.15. The summed E-state index contributed by atoms with van der Waals surface area (Å²) in [6.45, 7) is 6.95. The van der Waals surface area contributed by atoms with Crippen molar-refractivity contribution < 1.29 is 0 Å². The minimum Gasteiger partial charge on any atom is -0.0654 e. The summed E-state index contributed by atoms with van der Waals surface area (Å²) in [4.78, 5) is 0. The molecule has 0 aliphatic carbocycles. The fourth-order valence-electron chi connectivity index (χ4n) is 4.25. The maximum absolute atomic E-state index is 2.32. The Kier molecular flexibility index (Phi) is 23.0. The van der Waals surface area contributed by atoms with Crippen LogP contribution in [0.3, 0.4) is 0 Å². The van der Waals surface area contributed by atoms with Crippen molar-refractivity contribution in [3.63, 3.8) is 0 Å². The molecule has 0 N–H and O–H groups in total. The van der Waals surface area contributed by atoms with Gasteiger partial charge in [0.15, 0.2) is 0 Å². The Balaban J connectivity index is 3.74. The van der Waals surface area contributed by atoms with Gasteiger partial charge in [-0.1, -0.05) is 162 Å². The first-order valence-corrected chi connectivity index (χ1v) is 12.8. The highest BCUT2D eigenvalue weighted by Crippen LogP contribution is 2.24. The SMILES string of the molecule is CCCCCCCCCCC(CCCCCCC)CCCCCCCC. The first-order valence-electron chi connectivity index (χ1n) is 12.8. The second-order valence-corrected chi connectivity index (χ2v) is 8.89. The fourth-order valence-corrected chi connectivity index (χ4v) is 4.25. The lowest BCUT2D eigenvalue weighted by molar-refractivity contribution is 0.366. The van der Waals surface area contributed by atoms with Crippen molar-refractivity contribution >= 4 is 0 Å². The molecule has 0 amide bonds. The molecule has 0 aliphatic heterocycles. The van der Waals surface area contributed by atoms with E-state index in [4.69, 9.17) is 0 Å². The predicted molar refractivity (Wildman–Crippen MR) is 122 cm³/mol. The van der Waals surface area contributed by atoms with Crippen LogP contribution < -0.4 is 0 Å². The molecule has 0 aromatic heterocycles. The van der Waals surface area contributed by atoms with Gasteiger partial charge in [0.2, 0.25) is 0 Å². The molecule has 0 aromatic rings. The Morgan fingerprint density at radius 2 is 0.538 bits per heavy atom. The van der Waals surface area contributed by atoms with Gasteiger partial charge in [0.05, 0.1) is 0 Å². The first-order chi connectivity index (χ1) is 12.8. The minimum absolute atomic E-state index is 1.04. The molecular formula is C26H54. The number of hydrogen-bond donors (Lipinski definition) is 0. The largest absolute Gasteiger partial charge is 0.0654 e. The summed E-state index contributed by atoms with van der Waals surface area (Å²) in [5, 5.41) is 0. The van der Waals surface area contributed by atoms with E-state index in [1.807, 2.05) is 0 Å². The van der Waals surface area contributed by atoms with Gasteiger partial charge < -0.3 is 0 Å². The maximum atomic E-state index is 2.32. The summed E-state index contributed by atoms with van der Waals surface area (Å²) >= 11 is 0. The van der Waals surface area contributed by atoms with E-state index in [0.29, 0.717) is 0 Å². The first kappa shape index (κ1) is 26.0. The van der Waals surface area contributed by atoms with E-state index in [1.54, 1.807) is 0 Å². The van der Waals surface area contributed by atoms with E-state index in [2.05, 4.69) is 20.8 Å². The second kappa shape index (κ2) is 23.0. The van der Waals surface area contributed by atoms with Crippen LogP contribution in [0.15, 0.2) is 0 Å². The number of unbranched alkanes of at least 4 members (excludes halogenated alkanes) is 16. The van der Waals surface area contributed by atoms with E-state index in [-0.39, 0.29) is 0 Å². The zero-order valence-electron chi connectivity index (χ0n) is 19.1. The second-order valence-electron chi connectivity index (χ2n) is 8.89. The topological polar surface area (TPSA) is 0 Å². The average Bonchev–Trinajstić information content (AvgIpc) is 2.65. The van der Waals surface area contributed by atoms with Crippen LogP contribution in [0.25, 0.3) is 0 Å². The molecule has 0 nitrogen and oxygen atoms in total. The van der Waals surface area contributed by atoms with Crippen molar-refractivity contribution in [1.29, 1.82) is 0 Å². The summed E-state index contributed by atoms with van der Waals surface area (Å²) in [6, 6.07) is 0. The highest BCUT2D eigenvalue weighted by molar-refractivity contribution is 4.62. The molecular weight excluding hydrogens is 312 g/mol. The molecule has 0 aromatic carbocycles. The Labute approximate surface area is 168 Å². The summed E-state index contributed by atoms with van der Waals surface area (Å²) in [5.74, 6) is 1.04. The average molecular weight is 367 g/mol. The Bertz CT molecular complexity index is 232. The van der Waals surface area contributed by atoms with E-state index < -0.39 is 0 Å². The zero-order chi connectivity index (χ0) is 19.1. The third kappa shape index (κ3) is 20.3. The van der Waals surface area contributed by atoms with Crippen LogP contribution >= 0.6 is 0 Å². The van der Waals surface area contributed by atoms with Crippen LogP contribution in [0.5, 0.6) is 0 Å². The Hall–Kier alpha value is 0. The summed E-state index contributed by atoms with van der Waals surface area (Å²) < 4.78 is 0. The van der Waals surface area contributed by atoms with Crippen LogP contribution in [0.1, 0.15) is 162 Å². The van der Waals surface area contributed by atoms with Gasteiger partial charge in [-0.25, -0.2) is 0 Å². The van der Waals surface area contributed by atoms with Gasteiger partial charge in [0, 0.05) is 0 Å². The van der Waals surface area contributed by atoms with Gasteiger partial charge in [-0.15, -0.1) is 0 Å².